The van der Waals surface area contributed by atoms with Gasteiger partial charge in [0.2, 0.25) is 5.52 Å². The third kappa shape index (κ3) is 11.9. The first-order valence-corrected chi connectivity index (χ1v) is 12.2. The molecule has 1 aliphatic carbocycles. The molecule has 1 aromatic carbocycles. The maximum atomic E-state index is 7.48. The van der Waals surface area contributed by atoms with Crippen LogP contribution in [0.15, 0.2) is 42.1 Å². The van der Waals surface area contributed by atoms with Gasteiger partial charge in [-0.15, -0.1) is 6.04 Å². The van der Waals surface area contributed by atoms with Gasteiger partial charge in [0.15, 0.2) is 6.20 Å². The average molecular weight is 648 g/mol. The predicted octanol–water partition coefficient (Wildman–Crippen LogP) is 9.58. The molecule has 0 saturated heterocycles. The molecule has 0 bridgehead atoms. The Morgan fingerprint density at radius 1 is 1.12 bits per heavy atom. The van der Waals surface area contributed by atoms with E-state index in [-0.39, 0.29) is 42.0 Å². The Balaban J connectivity index is -0.000000580. The number of pyridine rings is 1. The van der Waals surface area contributed by atoms with Gasteiger partial charge in [-0.25, -0.2) is 4.57 Å². The second-order valence-corrected chi connectivity index (χ2v) is 9.09. The minimum Gasteiger partial charge on any atom is -0.674 e. The molecule has 2 nitrogen and oxygen atoms in total. The Kier molecular flexibility index (Phi) is 21.9. The van der Waals surface area contributed by atoms with Crippen LogP contribution in [0.5, 0.6) is 0 Å². The van der Waals surface area contributed by atoms with Crippen LogP contribution in [0.4, 0.5) is 0 Å². The summed E-state index contributed by atoms with van der Waals surface area (Å²) in [5.74, 6) is 0.670. The van der Waals surface area contributed by atoms with Gasteiger partial charge in [0.05, 0.1) is 0 Å². The van der Waals surface area contributed by atoms with Crippen molar-refractivity contribution < 1.29 is 25.6 Å². The second-order valence-electron chi connectivity index (χ2n) is 9.09. The molecule has 34 heavy (non-hydrogen) atoms. The van der Waals surface area contributed by atoms with E-state index in [1.54, 1.807) is 0 Å². The molecular formula is C31H52N2Pt-2. The molecular weight excluding hydrogens is 595 g/mol. The SMILES string of the molecule is CC1CCCCC1[NH-].CCC.CCC(C)=C/C=C\c1cc(C)c2ccc[n+](C)c2c1C.[CH3-].[CH3-].[Pt]. The van der Waals surface area contributed by atoms with Crippen LogP contribution in [0.3, 0.4) is 0 Å². The van der Waals surface area contributed by atoms with Crippen LogP contribution in [0.1, 0.15) is 89.8 Å². The number of aryl methyl sites for hydroxylation is 3. The van der Waals surface area contributed by atoms with Crippen molar-refractivity contribution in [2.75, 3.05) is 0 Å². The first kappa shape index (κ1) is 37.3. The zero-order valence-corrected chi connectivity index (χ0v) is 26.0. The first-order chi connectivity index (χ1) is 14.8. The third-order valence-electron chi connectivity index (χ3n) is 6.09. The molecule has 0 amide bonds. The van der Waals surface area contributed by atoms with Crippen molar-refractivity contribution in [3.8, 4) is 0 Å². The van der Waals surface area contributed by atoms with Gasteiger partial charge in [-0.05, 0) is 44.4 Å². The van der Waals surface area contributed by atoms with E-state index in [2.05, 4.69) is 103 Å². The number of allylic oxidation sites excluding steroid dienone is 3. The zero-order valence-electron chi connectivity index (χ0n) is 23.7. The third-order valence-corrected chi connectivity index (χ3v) is 6.09. The minimum atomic E-state index is 0. The van der Waals surface area contributed by atoms with Crippen molar-refractivity contribution in [1.29, 1.82) is 0 Å². The van der Waals surface area contributed by atoms with Crippen molar-refractivity contribution in [2.24, 2.45) is 13.0 Å². The Hall–Kier alpha value is -1.24. The van der Waals surface area contributed by atoms with E-state index in [0.717, 1.165) is 12.8 Å². The van der Waals surface area contributed by atoms with Crippen molar-refractivity contribution in [3.63, 3.8) is 0 Å². The van der Waals surface area contributed by atoms with E-state index in [4.69, 9.17) is 5.73 Å². The summed E-state index contributed by atoms with van der Waals surface area (Å²) >= 11 is 0. The molecule has 2 aromatic rings. The summed E-state index contributed by atoms with van der Waals surface area (Å²) in [6.07, 6.45) is 16.1. The van der Waals surface area contributed by atoms with Crippen LogP contribution in [0.25, 0.3) is 22.7 Å². The van der Waals surface area contributed by atoms with E-state index >= 15 is 0 Å². The summed E-state index contributed by atoms with van der Waals surface area (Å²) < 4.78 is 2.21. The van der Waals surface area contributed by atoms with E-state index in [0.29, 0.717) is 5.92 Å². The summed E-state index contributed by atoms with van der Waals surface area (Å²) in [4.78, 5) is 0. The van der Waals surface area contributed by atoms with Crippen LogP contribution >= 0.6 is 0 Å². The van der Waals surface area contributed by atoms with Crippen molar-refractivity contribution in [2.45, 2.75) is 93.0 Å². The van der Waals surface area contributed by atoms with Gasteiger partial charge in [-0.3, -0.25) is 0 Å². The molecule has 3 heteroatoms. The number of rotatable bonds is 3. The smallest absolute Gasteiger partial charge is 0.216 e. The number of nitrogens with one attached hydrogen (secondary N) is 1. The molecule has 2 unspecified atom stereocenters. The van der Waals surface area contributed by atoms with Crippen LogP contribution in [-0.4, -0.2) is 6.04 Å². The number of hydrogen-bond acceptors (Lipinski definition) is 0. The number of nitrogens with zero attached hydrogens (tertiary/aromatic N) is 1. The van der Waals surface area contributed by atoms with Crippen LogP contribution < -0.4 is 4.57 Å². The molecule has 0 radical (unpaired) electrons. The summed E-state index contributed by atoms with van der Waals surface area (Å²) in [6, 6.07) is 6.84. The maximum absolute atomic E-state index is 7.48. The molecule has 1 fully saturated rings. The molecule has 3 rings (SSSR count). The average Bonchev–Trinajstić information content (AvgIpc) is 2.74. The van der Waals surface area contributed by atoms with Gasteiger partial charge in [0.1, 0.15) is 7.05 Å². The summed E-state index contributed by atoms with van der Waals surface area (Å²) in [6.45, 7) is 15.2. The summed E-state index contributed by atoms with van der Waals surface area (Å²) in [7, 11) is 2.11. The molecule has 0 spiro atoms. The van der Waals surface area contributed by atoms with Gasteiger partial charge in [-0.2, -0.15) is 0 Å². The topological polar surface area (TPSA) is 27.7 Å². The quantitative estimate of drug-likeness (QED) is 0.180. The summed E-state index contributed by atoms with van der Waals surface area (Å²) in [5, 5.41) is 1.34. The molecule has 2 atom stereocenters. The standard InChI is InChI=1S/C19H24N.C7H14N.C3H8.2CH3.Pt/c1-6-14(2)9-7-10-17-13-15(3)18-11-8-12-20(5)19(18)16(17)4;1-6-4-2-3-5-7(6)8;1-3-2;;;/h7-13H,6H2,1-5H3;6-8H,2-5H2,1H3;3H2,1-2H3;2*1H3;/q+1;-1;;2*-1;/b10-7-,14-9?;;;;;. The molecule has 1 aromatic heterocycles. The zero-order chi connectivity index (χ0) is 23.4. The van der Waals surface area contributed by atoms with Crippen molar-refractivity contribution in [1.82, 2.24) is 0 Å². The first-order valence-electron chi connectivity index (χ1n) is 12.2. The van der Waals surface area contributed by atoms with Gasteiger partial charge >= 0.3 is 0 Å². The van der Waals surface area contributed by atoms with E-state index in [1.165, 1.54) is 58.8 Å². The number of hydrogen-bond donors (Lipinski definition) is 0. The van der Waals surface area contributed by atoms with Gasteiger partial charge in [0, 0.05) is 38.1 Å². The number of fused-ring (bicyclic) bond motifs is 1. The van der Waals surface area contributed by atoms with E-state index in [9.17, 15) is 0 Å². The Bertz CT molecular complexity index is 857. The van der Waals surface area contributed by atoms with Gasteiger partial charge in [-0.1, -0.05) is 95.6 Å². The Morgan fingerprint density at radius 2 is 1.71 bits per heavy atom. The fourth-order valence-corrected chi connectivity index (χ4v) is 3.88. The van der Waals surface area contributed by atoms with Crippen LogP contribution in [0, 0.1) is 34.6 Å². The molecule has 1 N–H and O–H groups in total. The van der Waals surface area contributed by atoms with Crippen molar-refractivity contribution >= 4 is 17.0 Å². The predicted molar refractivity (Wildman–Crippen MR) is 152 cm³/mol. The fraction of sp³-hybridized carbons (Fsp3) is 0.516. The van der Waals surface area contributed by atoms with Crippen LogP contribution in [-0.2, 0) is 28.1 Å². The number of aromatic nitrogens is 1. The fourth-order valence-electron chi connectivity index (χ4n) is 3.88. The van der Waals surface area contributed by atoms with E-state index in [1.807, 2.05) is 0 Å². The largest absolute Gasteiger partial charge is 0.674 e. The molecule has 1 saturated carbocycles. The molecule has 0 aliphatic heterocycles. The normalized spacial score (nSPS) is 17.3. The minimum absolute atomic E-state index is 0. The number of benzene rings is 1. The van der Waals surface area contributed by atoms with Crippen molar-refractivity contribution in [3.05, 3.63) is 79.4 Å². The Labute approximate surface area is 227 Å². The van der Waals surface area contributed by atoms with Gasteiger partial charge < -0.3 is 20.6 Å². The second kappa shape index (κ2) is 20.0. The molecule has 1 aliphatic rings. The molecule has 198 valence electrons. The summed E-state index contributed by atoms with van der Waals surface area (Å²) in [5.41, 5.74) is 14.2. The Morgan fingerprint density at radius 3 is 2.21 bits per heavy atom. The van der Waals surface area contributed by atoms with Gasteiger partial charge in [0.25, 0.3) is 0 Å². The monoisotopic (exact) mass is 647 g/mol. The van der Waals surface area contributed by atoms with E-state index < -0.39 is 0 Å². The molecule has 1 heterocycles. The maximum Gasteiger partial charge on any atom is 0.216 e. The van der Waals surface area contributed by atoms with Crippen LogP contribution in [0.2, 0.25) is 0 Å².